The summed E-state index contributed by atoms with van der Waals surface area (Å²) in [5, 5.41) is 0. The lowest BCUT2D eigenvalue weighted by molar-refractivity contribution is -0.136. The van der Waals surface area contributed by atoms with Crippen LogP contribution in [0.5, 0.6) is 0 Å². The predicted molar refractivity (Wildman–Crippen MR) is 137 cm³/mol. The van der Waals surface area contributed by atoms with Gasteiger partial charge in [0.15, 0.2) is 0 Å². The average molecular weight is 463 g/mol. The quantitative estimate of drug-likeness (QED) is 0.311. The molecule has 5 nitrogen and oxygen atoms in total. The molecule has 35 heavy (non-hydrogen) atoms. The van der Waals surface area contributed by atoms with E-state index in [1.54, 1.807) is 6.92 Å². The highest BCUT2D eigenvalue weighted by Crippen LogP contribution is 2.38. The van der Waals surface area contributed by atoms with Crippen molar-refractivity contribution in [3.05, 3.63) is 126 Å². The van der Waals surface area contributed by atoms with Crippen LogP contribution in [0.1, 0.15) is 18.1 Å². The lowest BCUT2D eigenvalue weighted by atomic mass is 9.94. The van der Waals surface area contributed by atoms with Crippen LogP contribution in [0.15, 0.2) is 115 Å². The summed E-state index contributed by atoms with van der Waals surface area (Å²) in [5.41, 5.74) is 3.33. The summed E-state index contributed by atoms with van der Waals surface area (Å²) in [6.45, 7) is 1.95. The summed E-state index contributed by atoms with van der Waals surface area (Å²) in [7, 11) is 0. The molecule has 1 fully saturated rings. The third-order valence-electron chi connectivity index (χ3n) is 6.34. The number of anilines is 3. The van der Waals surface area contributed by atoms with Crippen LogP contribution in [0.4, 0.5) is 21.9 Å². The largest absolute Gasteiger partial charge is 0.428 e. The molecule has 1 saturated heterocycles. The van der Waals surface area contributed by atoms with E-state index < -0.39 is 11.7 Å². The Morgan fingerprint density at radius 2 is 1.17 bits per heavy atom. The number of para-hydroxylation sites is 2. The molecule has 1 unspecified atom stereocenters. The Morgan fingerprint density at radius 3 is 1.71 bits per heavy atom. The van der Waals surface area contributed by atoms with Gasteiger partial charge in [0.1, 0.15) is 0 Å². The van der Waals surface area contributed by atoms with Gasteiger partial charge in [-0.3, -0.25) is 4.79 Å². The van der Waals surface area contributed by atoms with Gasteiger partial charge in [0, 0.05) is 29.2 Å². The maximum atomic E-state index is 13.3. The van der Waals surface area contributed by atoms with Gasteiger partial charge < -0.3 is 9.64 Å². The SMILES string of the molecule is CC1(c2ccc(N(c3ccccc3)c3ccccc3)cc2)OC(=O)N(CCc2ccccc2)C1=O. The van der Waals surface area contributed by atoms with E-state index in [-0.39, 0.29) is 12.5 Å². The lowest BCUT2D eigenvalue weighted by Crippen LogP contribution is -2.37. The zero-order valence-corrected chi connectivity index (χ0v) is 19.5. The number of ether oxygens (including phenoxy) is 1. The van der Waals surface area contributed by atoms with Gasteiger partial charge in [0.25, 0.3) is 5.91 Å². The first-order chi connectivity index (χ1) is 17.1. The van der Waals surface area contributed by atoms with Crippen LogP contribution in [0.2, 0.25) is 0 Å². The van der Waals surface area contributed by atoms with Crippen molar-refractivity contribution in [2.75, 3.05) is 11.4 Å². The van der Waals surface area contributed by atoms with Crippen LogP contribution >= 0.6 is 0 Å². The highest BCUT2D eigenvalue weighted by atomic mass is 16.6. The minimum Gasteiger partial charge on any atom is -0.428 e. The van der Waals surface area contributed by atoms with Gasteiger partial charge in [0.2, 0.25) is 5.60 Å². The Bertz CT molecular complexity index is 1270. The van der Waals surface area contributed by atoms with Crippen molar-refractivity contribution in [3.8, 4) is 0 Å². The van der Waals surface area contributed by atoms with Gasteiger partial charge in [-0.1, -0.05) is 78.9 Å². The van der Waals surface area contributed by atoms with E-state index in [2.05, 4.69) is 29.2 Å². The van der Waals surface area contributed by atoms with Crippen LogP contribution in [0.3, 0.4) is 0 Å². The fraction of sp³-hybridized carbons (Fsp3) is 0.133. The third kappa shape index (κ3) is 4.41. The number of cyclic esters (lactones) is 1. The first kappa shape index (κ1) is 22.4. The fourth-order valence-corrected chi connectivity index (χ4v) is 4.40. The zero-order chi connectivity index (χ0) is 24.3. The fourth-order valence-electron chi connectivity index (χ4n) is 4.40. The Labute approximate surface area is 205 Å². The van der Waals surface area contributed by atoms with E-state index in [9.17, 15) is 9.59 Å². The van der Waals surface area contributed by atoms with E-state index in [0.717, 1.165) is 22.6 Å². The second-order valence-electron chi connectivity index (χ2n) is 8.65. The number of benzene rings is 4. The standard InChI is InChI=1S/C30H26N2O3/c1-30(28(33)31(29(34)35-30)22-21-23-11-5-2-6-12-23)24-17-19-27(20-18-24)32(25-13-7-3-8-14-25)26-15-9-4-10-16-26/h2-20H,21-22H2,1H3. The van der Waals surface area contributed by atoms with Crippen molar-refractivity contribution >= 4 is 29.1 Å². The van der Waals surface area contributed by atoms with E-state index in [0.29, 0.717) is 12.0 Å². The molecule has 2 amide bonds. The van der Waals surface area contributed by atoms with Gasteiger partial charge >= 0.3 is 6.09 Å². The van der Waals surface area contributed by atoms with Gasteiger partial charge in [0.05, 0.1) is 0 Å². The number of rotatable bonds is 7. The molecular weight excluding hydrogens is 436 g/mol. The summed E-state index contributed by atoms with van der Waals surface area (Å²) in [5.74, 6) is -0.339. The molecular formula is C30H26N2O3. The predicted octanol–water partition coefficient (Wildman–Crippen LogP) is 6.59. The molecule has 0 bridgehead atoms. The zero-order valence-electron chi connectivity index (χ0n) is 19.5. The highest BCUT2D eigenvalue weighted by Gasteiger charge is 2.51. The molecule has 0 spiro atoms. The Balaban J connectivity index is 1.40. The monoisotopic (exact) mass is 462 g/mol. The molecule has 1 atom stereocenters. The van der Waals surface area contributed by atoms with Crippen molar-refractivity contribution in [1.82, 2.24) is 4.90 Å². The van der Waals surface area contributed by atoms with Gasteiger partial charge in [-0.2, -0.15) is 0 Å². The van der Waals surface area contributed by atoms with Gasteiger partial charge in [-0.25, -0.2) is 9.69 Å². The normalized spacial score (nSPS) is 17.3. The molecule has 4 aromatic carbocycles. The van der Waals surface area contributed by atoms with Crippen LogP contribution in [-0.4, -0.2) is 23.4 Å². The van der Waals surface area contributed by atoms with Crippen molar-refractivity contribution < 1.29 is 14.3 Å². The summed E-state index contributed by atoms with van der Waals surface area (Å²) in [6, 6.07) is 37.6. The summed E-state index contributed by atoms with van der Waals surface area (Å²) >= 11 is 0. The molecule has 0 radical (unpaired) electrons. The number of imide groups is 1. The molecule has 174 valence electrons. The summed E-state index contributed by atoms with van der Waals surface area (Å²) in [6.07, 6.45) is -0.0208. The number of hydrogen-bond acceptors (Lipinski definition) is 4. The molecule has 5 heteroatoms. The highest BCUT2D eigenvalue weighted by molar-refractivity contribution is 6.03. The Kier molecular flexibility index (Phi) is 6.06. The molecule has 0 N–H and O–H groups in total. The molecule has 1 aliphatic rings. The Morgan fingerprint density at radius 1 is 0.686 bits per heavy atom. The maximum Gasteiger partial charge on any atom is 0.418 e. The van der Waals surface area contributed by atoms with E-state index >= 15 is 0 Å². The van der Waals surface area contributed by atoms with E-state index in [1.807, 2.05) is 91.0 Å². The molecule has 5 rings (SSSR count). The number of amides is 2. The topological polar surface area (TPSA) is 49.9 Å². The summed E-state index contributed by atoms with van der Waals surface area (Å²) in [4.78, 5) is 29.3. The van der Waals surface area contributed by atoms with Crippen LogP contribution in [-0.2, 0) is 21.6 Å². The number of hydrogen-bond donors (Lipinski definition) is 0. The average Bonchev–Trinajstić information content (AvgIpc) is 3.13. The van der Waals surface area contributed by atoms with Crippen LogP contribution in [0.25, 0.3) is 0 Å². The molecule has 1 aliphatic heterocycles. The number of nitrogens with zero attached hydrogens (tertiary/aromatic N) is 2. The van der Waals surface area contributed by atoms with Crippen molar-refractivity contribution in [2.24, 2.45) is 0 Å². The first-order valence-electron chi connectivity index (χ1n) is 11.7. The number of carbonyl (C=O) groups excluding carboxylic acids is 2. The molecule has 0 aromatic heterocycles. The minimum atomic E-state index is -1.35. The van der Waals surface area contributed by atoms with Crippen molar-refractivity contribution in [3.63, 3.8) is 0 Å². The smallest absolute Gasteiger partial charge is 0.418 e. The minimum absolute atomic E-state index is 0.283. The van der Waals surface area contributed by atoms with Crippen LogP contribution < -0.4 is 4.90 Å². The van der Waals surface area contributed by atoms with Crippen LogP contribution in [0, 0.1) is 0 Å². The first-order valence-corrected chi connectivity index (χ1v) is 11.7. The lowest BCUT2D eigenvalue weighted by Gasteiger charge is -2.26. The summed E-state index contributed by atoms with van der Waals surface area (Å²) < 4.78 is 5.64. The van der Waals surface area contributed by atoms with Gasteiger partial charge in [-0.15, -0.1) is 0 Å². The van der Waals surface area contributed by atoms with Crippen molar-refractivity contribution in [2.45, 2.75) is 18.9 Å². The third-order valence-corrected chi connectivity index (χ3v) is 6.34. The molecule has 0 saturated carbocycles. The molecule has 0 aliphatic carbocycles. The second-order valence-corrected chi connectivity index (χ2v) is 8.65. The number of carbonyl (C=O) groups is 2. The Hall–Kier alpha value is -4.38. The van der Waals surface area contributed by atoms with E-state index in [1.165, 1.54) is 4.90 Å². The van der Waals surface area contributed by atoms with E-state index in [4.69, 9.17) is 4.74 Å². The maximum absolute atomic E-state index is 13.3. The van der Waals surface area contributed by atoms with Gasteiger partial charge in [-0.05, 0) is 55.3 Å². The molecule has 1 heterocycles. The second kappa shape index (κ2) is 9.47. The van der Waals surface area contributed by atoms with Crippen molar-refractivity contribution in [1.29, 1.82) is 0 Å². The molecule has 4 aromatic rings.